The van der Waals surface area contributed by atoms with Gasteiger partial charge in [-0.05, 0) is 12.8 Å². The monoisotopic (exact) mass is 218 g/mol. The Balaban J connectivity index is 1.86. The van der Waals surface area contributed by atoms with Crippen LogP contribution in [-0.2, 0) is 19.1 Å². The number of ether oxygens (including phenoxy) is 2. The largest absolute Gasteiger partial charge is 0.420 e. The minimum absolute atomic E-state index is 0.447. The highest BCUT2D eigenvalue weighted by molar-refractivity contribution is 6.04. The van der Waals surface area contributed by atoms with E-state index in [2.05, 4.69) is 0 Å². The maximum atomic E-state index is 11.6. The molecule has 0 unspecified atom stereocenters. The van der Waals surface area contributed by atoms with Gasteiger partial charge in [0.1, 0.15) is 0 Å². The lowest BCUT2D eigenvalue weighted by Gasteiger charge is -2.27. The van der Waals surface area contributed by atoms with Gasteiger partial charge in [-0.25, -0.2) is 0 Å². The van der Waals surface area contributed by atoms with Crippen molar-refractivity contribution in [2.45, 2.75) is 19.1 Å². The predicted octanol–water partition coefficient (Wildman–Crippen LogP) is 1.57. The van der Waals surface area contributed by atoms with Crippen LogP contribution in [0, 0.1) is 5.41 Å². The minimum Gasteiger partial charge on any atom is -0.420 e. The number of benzene rings is 1. The van der Waals surface area contributed by atoms with Crippen molar-refractivity contribution in [1.29, 1.82) is 0 Å². The molecule has 1 saturated carbocycles. The van der Waals surface area contributed by atoms with Crippen molar-refractivity contribution in [3.05, 3.63) is 35.9 Å². The van der Waals surface area contributed by atoms with E-state index >= 15 is 0 Å². The van der Waals surface area contributed by atoms with Crippen molar-refractivity contribution < 1.29 is 19.1 Å². The van der Waals surface area contributed by atoms with Gasteiger partial charge in [0.2, 0.25) is 0 Å². The number of hydrogen-bond donors (Lipinski definition) is 0. The first-order valence-electron chi connectivity index (χ1n) is 5.19. The van der Waals surface area contributed by atoms with Gasteiger partial charge >= 0.3 is 11.9 Å². The summed E-state index contributed by atoms with van der Waals surface area (Å²) in [7, 11) is 0. The van der Waals surface area contributed by atoms with Crippen molar-refractivity contribution in [2.75, 3.05) is 0 Å². The van der Waals surface area contributed by atoms with E-state index in [9.17, 15) is 9.59 Å². The molecular formula is C12H10O4. The first-order chi connectivity index (χ1) is 7.72. The molecule has 0 bridgehead atoms. The molecule has 0 amide bonds. The maximum absolute atomic E-state index is 11.6. The second kappa shape index (κ2) is 3.07. The van der Waals surface area contributed by atoms with Crippen LogP contribution in [0.15, 0.2) is 30.3 Å². The number of rotatable bonds is 1. The molecule has 1 saturated heterocycles. The average molecular weight is 218 g/mol. The van der Waals surface area contributed by atoms with Gasteiger partial charge in [-0.15, -0.1) is 0 Å². The van der Waals surface area contributed by atoms with E-state index in [0.717, 1.165) is 0 Å². The third-order valence-electron chi connectivity index (χ3n) is 3.03. The summed E-state index contributed by atoms with van der Waals surface area (Å²) in [6.07, 6.45) is 0.214. The normalized spacial score (nSPS) is 22.8. The lowest BCUT2D eigenvalue weighted by atomic mass is 10.1. The average Bonchev–Trinajstić information content (AvgIpc) is 3.09. The van der Waals surface area contributed by atoms with Crippen LogP contribution in [0.25, 0.3) is 0 Å². The van der Waals surface area contributed by atoms with Crippen molar-refractivity contribution >= 4 is 11.9 Å². The Bertz CT molecular complexity index is 427. The van der Waals surface area contributed by atoms with Crippen LogP contribution in [0.1, 0.15) is 24.7 Å². The molecule has 82 valence electrons. The molecule has 0 aromatic heterocycles. The number of hydrogen-bond acceptors (Lipinski definition) is 4. The molecule has 4 heteroatoms. The van der Waals surface area contributed by atoms with Gasteiger partial charge in [0.15, 0.2) is 5.41 Å². The summed E-state index contributed by atoms with van der Waals surface area (Å²) in [6, 6.07) is 8.97. The zero-order valence-electron chi connectivity index (χ0n) is 8.51. The van der Waals surface area contributed by atoms with E-state index in [-0.39, 0.29) is 0 Å². The molecule has 1 aliphatic heterocycles. The number of cyclic esters (lactones) is 2. The molecule has 1 aromatic rings. The summed E-state index contributed by atoms with van der Waals surface area (Å²) in [5.74, 6) is -0.893. The molecule has 1 heterocycles. The van der Waals surface area contributed by atoms with E-state index in [1.165, 1.54) is 0 Å². The summed E-state index contributed by atoms with van der Waals surface area (Å²) < 4.78 is 10.3. The Kier molecular flexibility index (Phi) is 1.80. The molecule has 0 atom stereocenters. The summed E-state index contributed by atoms with van der Waals surface area (Å²) in [6.45, 7) is 0. The van der Waals surface area contributed by atoms with Gasteiger partial charge in [-0.3, -0.25) is 9.59 Å². The van der Waals surface area contributed by atoms with Crippen molar-refractivity contribution in [3.63, 3.8) is 0 Å². The third kappa shape index (κ3) is 1.23. The molecule has 2 aliphatic rings. The molecule has 16 heavy (non-hydrogen) atoms. The zero-order chi connectivity index (χ0) is 11.2. The summed E-state index contributed by atoms with van der Waals surface area (Å²) in [4.78, 5) is 23.3. The number of esters is 2. The molecule has 0 N–H and O–H groups in total. The van der Waals surface area contributed by atoms with E-state index < -0.39 is 23.6 Å². The van der Waals surface area contributed by atoms with Crippen LogP contribution >= 0.6 is 0 Å². The van der Waals surface area contributed by atoms with E-state index in [1.807, 2.05) is 6.07 Å². The lowest BCUT2D eigenvalue weighted by Crippen LogP contribution is -2.38. The maximum Gasteiger partial charge on any atom is 0.326 e. The van der Waals surface area contributed by atoms with Crippen LogP contribution < -0.4 is 0 Å². The lowest BCUT2D eigenvalue weighted by molar-refractivity contribution is -0.216. The van der Waals surface area contributed by atoms with Crippen LogP contribution in [0.2, 0.25) is 0 Å². The fraction of sp³-hybridized carbons (Fsp3) is 0.333. The summed E-state index contributed by atoms with van der Waals surface area (Å²) >= 11 is 0. The molecule has 3 rings (SSSR count). The van der Waals surface area contributed by atoms with Crippen LogP contribution in [-0.4, -0.2) is 11.9 Å². The van der Waals surface area contributed by atoms with Crippen molar-refractivity contribution in [3.8, 4) is 0 Å². The first-order valence-corrected chi connectivity index (χ1v) is 5.19. The summed E-state index contributed by atoms with van der Waals surface area (Å²) in [5.41, 5.74) is -0.287. The van der Waals surface area contributed by atoms with E-state index in [0.29, 0.717) is 18.4 Å². The van der Waals surface area contributed by atoms with E-state index in [1.54, 1.807) is 24.3 Å². The second-order valence-corrected chi connectivity index (χ2v) is 4.14. The number of carbonyl (C=O) groups excluding carboxylic acids is 2. The molecule has 1 aromatic carbocycles. The van der Waals surface area contributed by atoms with Crippen LogP contribution in [0.5, 0.6) is 0 Å². The van der Waals surface area contributed by atoms with Gasteiger partial charge in [-0.1, -0.05) is 30.3 Å². The first kappa shape index (κ1) is 9.39. The Morgan fingerprint density at radius 2 is 1.56 bits per heavy atom. The topological polar surface area (TPSA) is 52.6 Å². The van der Waals surface area contributed by atoms with Crippen LogP contribution in [0.3, 0.4) is 0 Å². The minimum atomic E-state index is -0.967. The van der Waals surface area contributed by atoms with Crippen molar-refractivity contribution in [1.82, 2.24) is 0 Å². The predicted molar refractivity (Wildman–Crippen MR) is 53.0 cm³/mol. The Morgan fingerprint density at radius 1 is 1.00 bits per heavy atom. The van der Waals surface area contributed by atoms with Crippen molar-refractivity contribution in [2.24, 2.45) is 5.41 Å². The SMILES string of the molecule is O=C1OC(c2ccccc2)OC(=O)C12CC2. The van der Waals surface area contributed by atoms with Gasteiger partial charge in [0.25, 0.3) is 6.29 Å². The highest BCUT2D eigenvalue weighted by Gasteiger charge is 2.63. The Morgan fingerprint density at radius 3 is 2.06 bits per heavy atom. The zero-order valence-corrected chi connectivity index (χ0v) is 8.51. The summed E-state index contributed by atoms with van der Waals surface area (Å²) in [5, 5.41) is 0. The molecule has 4 nitrogen and oxygen atoms in total. The van der Waals surface area contributed by atoms with Crippen LogP contribution in [0.4, 0.5) is 0 Å². The second-order valence-electron chi connectivity index (χ2n) is 4.14. The highest BCUT2D eigenvalue weighted by atomic mass is 16.7. The molecule has 1 aliphatic carbocycles. The molecular weight excluding hydrogens is 208 g/mol. The van der Waals surface area contributed by atoms with Gasteiger partial charge in [0, 0.05) is 5.56 Å². The van der Waals surface area contributed by atoms with Gasteiger partial charge in [0.05, 0.1) is 0 Å². The quantitative estimate of drug-likeness (QED) is 0.530. The Labute approximate surface area is 92.2 Å². The fourth-order valence-electron chi connectivity index (χ4n) is 1.81. The standard InChI is InChI=1S/C12H10O4/c13-10-12(6-7-12)11(14)16-9(15-10)8-4-2-1-3-5-8/h1-5,9H,6-7H2. The fourth-order valence-corrected chi connectivity index (χ4v) is 1.81. The van der Waals surface area contributed by atoms with Gasteiger partial charge < -0.3 is 9.47 Å². The Hall–Kier alpha value is -1.84. The number of carbonyl (C=O) groups is 2. The molecule has 0 radical (unpaired) electrons. The van der Waals surface area contributed by atoms with E-state index in [4.69, 9.17) is 9.47 Å². The smallest absolute Gasteiger partial charge is 0.326 e. The highest BCUT2D eigenvalue weighted by Crippen LogP contribution is 2.51. The van der Waals surface area contributed by atoms with Gasteiger partial charge in [-0.2, -0.15) is 0 Å². The molecule has 2 fully saturated rings. The third-order valence-corrected chi connectivity index (χ3v) is 3.03. The molecule has 1 spiro atoms.